The molecule has 0 heterocycles. The molecule has 0 amide bonds. The van der Waals surface area contributed by atoms with Crippen LogP contribution in [-0.2, 0) is 0 Å². The average Bonchev–Trinajstić information content (AvgIpc) is 2.31. The molecule has 0 aliphatic rings. The number of anilines is 1. The number of carboxylic acids is 1. The number of carboxylic acid groups (broad SMARTS) is 1. The maximum atomic E-state index is 13.1. The Morgan fingerprint density at radius 1 is 1.47 bits per heavy atom. The number of rotatable bonds is 5. The van der Waals surface area contributed by atoms with Gasteiger partial charge in [0.05, 0.1) is 11.3 Å². The Hall–Kier alpha value is -1.58. The van der Waals surface area contributed by atoms with Crippen LogP contribution in [-0.4, -0.2) is 23.7 Å². The van der Waals surface area contributed by atoms with E-state index in [1.54, 1.807) is 0 Å². The van der Waals surface area contributed by atoms with Gasteiger partial charge < -0.3 is 10.0 Å². The minimum absolute atomic E-state index is 0.0205. The normalized spacial score (nSPS) is 12.2. The molecule has 0 spiro atoms. The number of hydrogen-bond donors (Lipinski definition) is 1. The fraction of sp³-hybridized carbons (Fsp3) is 0.462. The van der Waals surface area contributed by atoms with Gasteiger partial charge in [0.1, 0.15) is 5.82 Å². The Kier molecular flexibility index (Phi) is 4.49. The number of carbonyl (C=O) groups is 1. The average molecular weight is 239 g/mol. The molecular weight excluding hydrogens is 221 g/mol. The molecule has 3 nitrogen and oxygen atoms in total. The van der Waals surface area contributed by atoms with Crippen molar-refractivity contribution in [3.05, 3.63) is 29.6 Å². The molecule has 0 radical (unpaired) electrons. The van der Waals surface area contributed by atoms with Crippen LogP contribution in [0.1, 0.15) is 37.6 Å². The van der Waals surface area contributed by atoms with E-state index in [1.165, 1.54) is 12.1 Å². The van der Waals surface area contributed by atoms with E-state index >= 15 is 0 Å². The third kappa shape index (κ3) is 2.96. The van der Waals surface area contributed by atoms with Crippen LogP contribution in [0.25, 0.3) is 0 Å². The first kappa shape index (κ1) is 13.5. The highest BCUT2D eigenvalue weighted by Crippen LogP contribution is 2.24. The summed E-state index contributed by atoms with van der Waals surface area (Å²) in [7, 11) is 0. The quantitative estimate of drug-likeness (QED) is 0.858. The summed E-state index contributed by atoms with van der Waals surface area (Å²) >= 11 is 0. The Morgan fingerprint density at radius 2 is 2.12 bits per heavy atom. The van der Waals surface area contributed by atoms with Crippen LogP contribution < -0.4 is 4.90 Å². The van der Waals surface area contributed by atoms with E-state index in [2.05, 4.69) is 0 Å². The fourth-order valence-electron chi connectivity index (χ4n) is 1.87. The van der Waals surface area contributed by atoms with Gasteiger partial charge in [-0.1, -0.05) is 6.92 Å². The Bertz CT molecular complexity index is 406. The summed E-state index contributed by atoms with van der Waals surface area (Å²) in [5.74, 6) is -1.62. The van der Waals surface area contributed by atoms with Crippen molar-refractivity contribution in [2.24, 2.45) is 0 Å². The van der Waals surface area contributed by atoms with Crippen molar-refractivity contribution in [3.8, 4) is 0 Å². The van der Waals surface area contributed by atoms with Gasteiger partial charge in [-0.05, 0) is 38.5 Å². The predicted molar refractivity (Wildman–Crippen MR) is 66.1 cm³/mol. The van der Waals surface area contributed by atoms with Crippen LogP contribution in [0.2, 0.25) is 0 Å². The van der Waals surface area contributed by atoms with Crippen LogP contribution in [0.3, 0.4) is 0 Å². The monoisotopic (exact) mass is 239 g/mol. The lowest BCUT2D eigenvalue weighted by Gasteiger charge is -2.30. The minimum atomic E-state index is -1.10. The van der Waals surface area contributed by atoms with Crippen molar-refractivity contribution >= 4 is 11.7 Å². The summed E-state index contributed by atoms with van der Waals surface area (Å²) in [6.45, 7) is 6.72. The van der Waals surface area contributed by atoms with Gasteiger partial charge in [-0.3, -0.25) is 0 Å². The maximum Gasteiger partial charge on any atom is 0.337 e. The number of nitrogens with zero attached hydrogens (tertiary/aromatic N) is 1. The molecule has 1 N–H and O–H groups in total. The van der Waals surface area contributed by atoms with Crippen molar-refractivity contribution in [2.45, 2.75) is 33.2 Å². The lowest BCUT2D eigenvalue weighted by atomic mass is 10.1. The van der Waals surface area contributed by atoms with E-state index in [0.717, 1.165) is 12.5 Å². The summed E-state index contributed by atoms with van der Waals surface area (Å²) in [6, 6.07) is 4.13. The van der Waals surface area contributed by atoms with Crippen LogP contribution in [0.15, 0.2) is 18.2 Å². The highest BCUT2D eigenvalue weighted by molar-refractivity contribution is 5.94. The van der Waals surface area contributed by atoms with Crippen LogP contribution in [0.5, 0.6) is 0 Å². The summed E-state index contributed by atoms with van der Waals surface area (Å²) < 4.78 is 13.1. The van der Waals surface area contributed by atoms with E-state index in [1.807, 2.05) is 25.7 Å². The summed E-state index contributed by atoms with van der Waals surface area (Å²) in [5, 5.41) is 9.10. The van der Waals surface area contributed by atoms with E-state index in [-0.39, 0.29) is 11.6 Å². The molecule has 1 aromatic rings. The van der Waals surface area contributed by atoms with Gasteiger partial charge in [0.15, 0.2) is 0 Å². The molecule has 0 fully saturated rings. The van der Waals surface area contributed by atoms with Gasteiger partial charge in [-0.2, -0.15) is 0 Å². The molecule has 0 saturated carbocycles. The Balaban J connectivity index is 3.23. The number of aromatic carboxylic acids is 1. The summed E-state index contributed by atoms with van der Waals surface area (Å²) in [4.78, 5) is 13.1. The third-order valence-corrected chi connectivity index (χ3v) is 2.96. The smallest absolute Gasteiger partial charge is 0.337 e. The summed E-state index contributed by atoms with van der Waals surface area (Å²) in [5.41, 5.74) is 0.600. The zero-order valence-corrected chi connectivity index (χ0v) is 10.4. The van der Waals surface area contributed by atoms with Crippen LogP contribution >= 0.6 is 0 Å². The fourth-order valence-corrected chi connectivity index (χ4v) is 1.87. The predicted octanol–water partition coefficient (Wildman–Crippen LogP) is 3.15. The molecule has 0 aliphatic carbocycles. The number of hydrogen-bond acceptors (Lipinski definition) is 2. The molecule has 94 valence electrons. The minimum Gasteiger partial charge on any atom is -0.478 e. The van der Waals surface area contributed by atoms with Gasteiger partial charge in [-0.15, -0.1) is 0 Å². The molecule has 0 saturated heterocycles. The Morgan fingerprint density at radius 3 is 2.59 bits per heavy atom. The van der Waals surface area contributed by atoms with E-state index in [0.29, 0.717) is 12.2 Å². The molecule has 17 heavy (non-hydrogen) atoms. The van der Waals surface area contributed by atoms with Crippen LogP contribution in [0, 0.1) is 5.82 Å². The zero-order chi connectivity index (χ0) is 13.0. The Labute approximate surface area is 101 Å². The van der Waals surface area contributed by atoms with Gasteiger partial charge in [0, 0.05) is 12.6 Å². The van der Waals surface area contributed by atoms with E-state index in [9.17, 15) is 9.18 Å². The van der Waals surface area contributed by atoms with Crippen molar-refractivity contribution in [1.82, 2.24) is 0 Å². The van der Waals surface area contributed by atoms with Gasteiger partial charge in [0.2, 0.25) is 0 Å². The van der Waals surface area contributed by atoms with E-state index in [4.69, 9.17) is 5.11 Å². The highest BCUT2D eigenvalue weighted by Gasteiger charge is 2.18. The molecule has 1 atom stereocenters. The van der Waals surface area contributed by atoms with Crippen molar-refractivity contribution in [1.29, 1.82) is 0 Å². The molecule has 1 rings (SSSR count). The van der Waals surface area contributed by atoms with Gasteiger partial charge >= 0.3 is 5.97 Å². The topological polar surface area (TPSA) is 40.5 Å². The second-order valence-corrected chi connectivity index (χ2v) is 4.01. The third-order valence-electron chi connectivity index (χ3n) is 2.96. The first-order valence-corrected chi connectivity index (χ1v) is 5.80. The first-order chi connectivity index (χ1) is 8.01. The summed E-state index contributed by atoms with van der Waals surface area (Å²) in [6.07, 6.45) is 0.907. The second kappa shape index (κ2) is 5.66. The van der Waals surface area contributed by atoms with Gasteiger partial charge in [-0.25, -0.2) is 9.18 Å². The zero-order valence-electron chi connectivity index (χ0n) is 10.4. The van der Waals surface area contributed by atoms with Gasteiger partial charge in [0.25, 0.3) is 0 Å². The maximum absolute atomic E-state index is 13.1. The van der Waals surface area contributed by atoms with E-state index < -0.39 is 11.8 Å². The van der Waals surface area contributed by atoms with Crippen LogP contribution in [0.4, 0.5) is 10.1 Å². The molecule has 4 heteroatoms. The molecular formula is C13H18FNO2. The standard InChI is InChI=1S/C13H18FNO2/c1-4-9(3)15(5-2)12-7-6-10(14)8-11(12)13(16)17/h6-9H,4-5H2,1-3H3,(H,16,17). The number of benzene rings is 1. The highest BCUT2D eigenvalue weighted by atomic mass is 19.1. The van der Waals surface area contributed by atoms with Crippen molar-refractivity contribution in [2.75, 3.05) is 11.4 Å². The SMILES string of the molecule is CCC(C)N(CC)c1ccc(F)cc1C(=O)O. The molecule has 1 unspecified atom stereocenters. The molecule has 0 aromatic heterocycles. The van der Waals surface area contributed by atoms with Crippen molar-refractivity contribution < 1.29 is 14.3 Å². The molecule has 1 aromatic carbocycles. The first-order valence-electron chi connectivity index (χ1n) is 5.80. The van der Waals surface area contributed by atoms with Crippen molar-refractivity contribution in [3.63, 3.8) is 0 Å². The molecule has 0 bridgehead atoms. The largest absolute Gasteiger partial charge is 0.478 e. The number of halogens is 1. The second-order valence-electron chi connectivity index (χ2n) is 4.01. The lowest BCUT2D eigenvalue weighted by Crippen LogP contribution is -2.33. The molecule has 0 aliphatic heterocycles. The lowest BCUT2D eigenvalue weighted by molar-refractivity contribution is 0.0697.